The molecule has 0 aliphatic carbocycles. The molecule has 2 aromatic rings. The van der Waals surface area contributed by atoms with Crippen molar-refractivity contribution < 1.29 is 0 Å². The minimum absolute atomic E-state index is 0.0354. The van der Waals surface area contributed by atoms with Crippen molar-refractivity contribution >= 4 is 21.7 Å². The minimum atomic E-state index is -0.0354. The summed E-state index contributed by atoms with van der Waals surface area (Å²) in [4.78, 5) is 8.65. The molecule has 0 bridgehead atoms. The van der Waals surface area contributed by atoms with Crippen molar-refractivity contribution in [2.75, 3.05) is 12.3 Å². The third-order valence-corrected chi connectivity index (χ3v) is 3.45. The van der Waals surface area contributed by atoms with Crippen molar-refractivity contribution in [3.8, 4) is 0 Å². The maximum Gasteiger partial charge on any atom is 0.128 e. The Kier molecular flexibility index (Phi) is 4.50. The molecule has 2 aromatic heterocycles. The molecule has 100 valence electrons. The lowest BCUT2D eigenvalue weighted by Gasteiger charge is -2.21. The molecule has 0 spiro atoms. The third-order valence-electron chi connectivity index (χ3n) is 2.98. The lowest BCUT2D eigenvalue weighted by molar-refractivity contribution is 0.612. The topological polar surface area (TPSA) is 63.8 Å². The van der Waals surface area contributed by atoms with Crippen molar-refractivity contribution in [3.05, 3.63) is 51.9 Å². The van der Waals surface area contributed by atoms with Crippen LogP contribution < -0.4 is 11.1 Å². The highest BCUT2D eigenvalue weighted by Gasteiger charge is 2.19. The molecule has 5 heteroatoms. The quantitative estimate of drug-likeness (QED) is 0.909. The molecule has 0 fully saturated rings. The summed E-state index contributed by atoms with van der Waals surface area (Å²) >= 11 is 3.40. The van der Waals surface area contributed by atoms with Gasteiger partial charge in [-0.05, 0) is 53.2 Å². The Labute approximate surface area is 121 Å². The van der Waals surface area contributed by atoms with E-state index in [-0.39, 0.29) is 6.04 Å². The number of nitrogen functional groups attached to an aromatic ring is 1. The summed E-state index contributed by atoms with van der Waals surface area (Å²) in [5, 5.41) is 3.42. The van der Waals surface area contributed by atoms with E-state index in [1.165, 1.54) is 0 Å². The number of rotatable bonds is 4. The number of nitrogens with zero attached hydrogens (tertiary/aromatic N) is 2. The monoisotopic (exact) mass is 320 g/mol. The molecule has 0 aliphatic heterocycles. The average molecular weight is 321 g/mol. The molecule has 1 unspecified atom stereocenters. The molecule has 0 aliphatic rings. The molecule has 4 nitrogen and oxygen atoms in total. The first kappa shape index (κ1) is 14.0. The van der Waals surface area contributed by atoms with Crippen LogP contribution in [0.2, 0.25) is 0 Å². The molecular weight excluding hydrogens is 304 g/mol. The Morgan fingerprint density at radius 2 is 2.11 bits per heavy atom. The van der Waals surface area contributed by atoms with Crippen LogP contribution in [0.3, 0.4) is 0 Å². The van der Waals surface area contributed by atoms with E-state index in [2.05, 4.69) is 38.1 Å². The molecule has 2 heterocycles. The molecule has 3 N–H and O–H groups in total. The van der Waals surface area contributed by atoms with E-state index < -0.39 is 0 Å². The summed E-state index contributed by atoms with van der Waals surface area (Å²) in [6.45, 7) is 4.93. The number of pyridine rings is 2. The van der Waals surface area contributed by atoms with Crippen LogP contribution in [0.4, 0.5) is 5.82 Å². The van der Waals surface area contributed by atoms with Gasteiger partial charge in [-0.2, -0.15) is 0 Å². The number of nitrogens with two attached hydrogens (primary N) is 1. The molecule has 0 saturated heterocycles. The predicted octanol–water partition coefficient (Wildman–Crippen LogP) is 2.83. The van der Waals surface area contributed by atoms with Gasteiger partial charge in [-0.1, -0.05) is 6.92 Å². The first-order valence-corrected chi connectivity index (χ1v) is 6.98. The number of halogens is 1. The largest absolute Gasteiger partial charge is 0.383 e. The van der Waals surface area contributed by atoms with Crippen molar-refractivity contribution in [3.63, 3.8) is 0 Å². The fourth-order valence-electron chi connectivity index (χ4n) is 2.08. The molecule has 0 saturated carbocycles. The van der Waals surface area contributed by atoms with Crippen LogP contribution in [0.25, 0.3) is 0 Å². The van der Waals surface area contributed by atoms with Crippen LogP contribution in [0.15, 0.2) is 35.1 Å². The summed E-state index contributed by atoms with van der Waals surface area (Å²) < 4.78 is 0.961. The number of nitrogens with one attached hydrogen (secondary N) is 1. The van der Waals surface area contributed by atoms with Crippen molar-refractivity contribution in [2.45, 2.75) is 19.9 Å². The lowest BCUT2D eigenvalue weighted by atomic mass is 9.99. The number of aryl methyl sites for hydroxylation is 1. The van der Waals surface area contributed by atoms with Crippen LogP contribution in [-0.4, -0.2) is 16.5 Å². The fraction of sp³-hybridized carbons (Fsp3) is 0.286. The van der Waals surface area contributed by atoms with E-state index in [9.17, 15) is 0 Å². The molecule has 19 heavy (non-hydrogen) atoms. The van der Waals surface area contributed by atoms with E-state index in [4.69, 9.17) is 5.73 Å². The maximum atomic E-state index is 6.03. The molecule has 0 radical (unpaired) electrons. The Balaban J connectivity index is 2.48. The highest BCUT2D eigenvalue weighted by molar-refractivity contribution is 9.10. The summed E-state index contributed by atoms with van der Waals surface area (Å²) in [5.41, 5.74) is 9.08. The van der Waals surface area contributed by atoms with Crippen LogP contribution in [0.5, 0.6) is 0 Å². The van der Waals surface area contributed by atoms with E-state index in [1.54, 1.807) is 12.4 Å². The summed E-state index contributed by atoms with van der Waals surface area (Å²) in [5.74, 6) is 0.552. The van der Waals surface area contributed by atoms with Crippen LogP contribution >= 0.6 is 15.9 Å². The minimum Gasteiger partial charge on any atom is -0.383 e. The highest BCUT2D eigenvalue weighted by Crippen LogP contribution is 2.27. The number of hydrogen-bond acceptors (Lipinski definition) is 4. The van der Waals surface area contributed by atoms with Crippen molar-refractivity contribution in [2.24, 2.45) is 0 Å². The SMILES string of the molecule is CCNC(c1ccc(Br)cn1)c1c(C)ccnc1N. The van der Waals surface area contributed by atoms with E-state index in [1.807, 2.05) is 25.1 Å². The van der Waals surface area contributed by atoms with Crippen molar-refractivity contribution in [1.82, 2.24) is 15.3 Å². The van der Waals surface area contributed by atoms with Gasteiger partial charge in [0.25, 0.3) is 0 Å². The molecular formula is C14H17BrN4. The van der Waals surface area contributed by atoms with Crippen molar-refractivity contribution in [1.29, 1.82) is 0 Å². The zero-order chi connectivity index (χ0) is 13.8. The van der Waals surface area contributed by atoms with Crippen LogP contribution in [0.1, 0.15) is 29.8 Å². The first-order valence-electron chi connectivity index (χ1n) is 6.19. The first-order chi connectivity index (χ1) is 9.13. The summed E-state index contributed by atoms with van der Waals surface area (Å²) in [7, 11) is 0. The lowest BCUT2D eigenvalue weighted by Crippen LogP contribution is -2.25. The summed E-state index contributed by atoms with van der Waals surface area (Å²) in [6, 6.07) is 5.90. The molecule has 0 aromatic carbocycles. The number of anilines is 1. The van der Waals surface area contributed by atoms with E-state index >= 15 is 0 Å². The Morgan fingerprint density at radius 1 is 1.32 bits per heavy atom. The average Bonchev–Trinajstić information content (AvgIpc) is 2.38. The normalized spacial score (nSPS) is 12.4. The van der Waals surface area contributed by atoms with Gasteiger partial charge in [0, 0.05) is 22.4 Å². The standard InChI is InChI=1S/C14H17BrN4/c1-3-17-13(11-5-4-10(15)8-19-11)12-9(2)6-7-18-14(12)16/h4-8,13,17H,3H2,1-2H3,(H2,16,18). The Bertz CT molecular complexity index is 534. The smallest absolute Gasteiger partial charge is 0.128 e. The Hall–Kier alpha value is -1.46. The van der Waals surface area contributed by atoms with Gasteiger partial charge in [0.05, 0.1) is 11.7 Å². The van der Waals surface area contributed by atoms with Gasteiger partial charge in [0.1, 0.15) is 5.82 Å². The Morgan fingerprint density at radius 3 is 2.68 bits per heavy atom. The highest BCUT2D eigenvalue weighted by atomic mass is 79.9. The molecule has 1 atom stereocenters. The van der Waals surface area contributed by atoms with Gasteiger partial charge in [-0.25, -0.2) is 4.98 Å². The van der Waals surface area contributed by atoms with Gasteiger partial charge in [0.2, 0.25) is 0 Å². The predicted molar refractivity (Wildman–Crippen MR) is 80.8 cm³/mol. The zero-order valence-corrected chi connectivity index (χ0v) is 12.6. The summed E-state index contributed by atoms with van der Waals surface area (Å²) in [6.07, 6.45) is 3.52. The molecule has 0 amide bonds. The fourth-order valence-corrected chi connectivity index (χ4v) is 2.32. The van der Waals surface area contributed by atoms with Crippen LogP contribution in [-0.2, 0) is 0 Å². The second-order valence-corrected chi connectivity index (χ2v) is 5.23. The second kappa shape index (κ2) is 6.12. The van der Waals surface area contributed by atoms with Gasteiger partial charge < -0.3 is 11.1 Å². The zero-order valence-electron chi connectivity index (χ0n) is 11.0. The number of hydrogen-bond donors (Lipinski definition) is 2. The van der Waals surface area contributed by atoms with E-state index in [0.29, 0.717) is 5.82 Å². The van der Waals surface area contributed by atoms with Gasteiger partial charge in [0.15, 0.2) is 0 Å². The third kappa shape index (κ3) is 3.11. The maximum absolute atomic E-state index is 6.03. The van der Waals surface area contributed by atoms with Gasteiger partial charge in [-0.3, -0.25) is 4.98 Å². The molecule has 2 rings (SSSR count). The van der Waals surface area contributed by atoms with Gasteiger partial charge in [-0.15, -0.1) is 0 Å². The van der Waals surface area contributed by atoms with E-state index in [0.717, 1.165) is 27.8 Å². The second-order valence-electron chi connectivity index (χ2n) is 4.32. The van der Waals surface area contributed by atoms with Crippen LogP contribution in [0, 0.1) is 6.92 Å². The number of aromatic nitrogens is 2. The van der Waals surface area contributed by atoms with Gasteiger partial charge >= 0.3 is 0 Å².